The molecule has 1 unspecified atom stereocenters. The molecule has 0 aliphatic rings. The van der Waals surface area contributed by atoms with Gasteiger partial charge in [0.2, 0.25) is 0 Å². The van der Waals surface area contributed by atoms with Crippen LogP contribution < -0.4 is 0 Å². The monoisotopic (exact) mass is 214 g/mol. The van der Waals surface area contributed by atoms with Gasteiger partial charge in [-0.2, -0.15) is 0 Å². The van der Waals surface area contributed by atoms with Gasteiger partial charge in [-0.05, 0) is 13.8 Å². The molecule has 0 aromatic heterocycles. The van der Waals surface area contributed by atoms with Crippen LogP contribution in [-0.2, 0) is 9.09 Å². The Morgan fingerprint density at radius 2 is 1.82 bits per heavy atom. The van der Waals surface area contributed by atoms with E-state index in [2.05, 4.69) is 12.2 Å². The molecule has 0 saturated carbocycles. The lowest BCUT2D eigenvalue weighted by molar-refractivity contribution is 0.261. The maximum atomic E-state index is 11.4. The highest BCUT2D eigenvalue weighted by atomic mass is 33.1. The first-order valence-electron chi connectivity index (χ1n) is 3.53. The summed E-state index contributed by atoms with van der Waals surface area (Å²) >= 11 is 5.24. The van der Waals surface area contributed by atoms with E-state index < -0.39 is 5.77 Å². The van der Waals surface area contributed by atoms with Gasteiger partial charge in [0.15, 0.2) is 0 Å². The molecule has 2 nitrogen and oxygen atoms in total. The Morgan fingerprint density at radius 3 is 2.09 bits per heavy atom. The zero-order chi connectivity index (χ0) is 9.07. The van der Waals surface area contributed by atoms with Gasteiger partial charge in [-0.15, -0.1) is 0 Å². The van der Waals surface area contributed by atoms with Crippen molar-refractivity contribution in [3.05, 3.63) is 0 Å². The van der Waals surface area contributed by atoms with E-state index in [1.54, 1.807) is 0 Å². The van der Waals surface area contributed by atoms with Gasteiger partial charge in [0, 0.05) is 5.25 Å². The molecule has 0 fully saturated rings. The molecule has 68 valence electrons. The molecule has 0 saturated heterocycles. The largest absolute Gasteiger partial charge is 0.311 e. The van der Waals surface area contributed by atoms with Crippen LogP contribution in [0.1, 0.15) is 27.7 Å². The number of rotatable bonds is 4. The minimum atomic E-state index is -2.69. The number of thiol groups is 1. The summed E-state index contributed by atoms with van der Waals surface area (Å²) in [4.78, 5) is 0. The van der Waals surface area contributed by atoms with Crippen LogP contribution in [0.15, 0.2) is 0 Å². The Balaban J connectivity index is 3.91. The van der Waals surface area contributed by atoms with Gasteiger partial charge < -0.3 is 4.52 Å². The van der Waals surface area contributed by atoms with Crippen LogP contribution >= 0.6 is 29.4 Å². The molecule has 0 aliphatic heterocycles. The first-order chi connectivity index (χ1) is 4.83. The van der Waals surface area contributed by atoms with Gasteiger partial charge in [0.05, 0.1) is 6.10 Å². The van der Waals surface area contributed by atoms with Crippen LogP contribution in [-0.4, -0.2) is 11.4 Å². The Morgan fingerprint density at radius 1 is 1.36 bits per heavy atom. The van der Waals surface area contributed by atoms with Crippen molar-refractivity contribution >= 4 is 29.4 Å². The second kappa shape index (κ2) is 4.80. The van der Waals surface area contributed by atoms with Gasteiger partial charge in [0.1, 0.15) is 0 Å². The fraction of sp³-hybridized carbons (Fsp3) is 1.00. The molecule has 0 aromatic carbocycles. The molecule has 0 spiro atoms. The summed E-state index contributed by atoms with van der Waals surface area (Å²) in [5.41, 5.74) is 0. The molecule has 1 atom stereocenters. The smallest absolute Gasteiger partial charge is 0.310 e. The highest BCUT2D eigenvalue weighted by Gasteiger charge is 2.21. The van der Waals surface area contributed by atoms with Crippen LogP contribution in [0, 0.1) is 0 Å². The molecule has 0 amide bonds. The van der Waals surface area contributed by atoms with Crippen LogP contribution in [0.2, 0.25) is 0 Å². The van der Waals surface area contributed by atoms with Crippen molar-refractivity contribution in [2.75, 3.05) is 0 Å². The molecule has 0 bridgehead atoms. The lowest BCUT2D eigenvalue weighted by atomic mass is 10.5. The van der Waals surface area contributed by atoms with Crippen molar-refractivity contribution in [3.63, 3.8) is 0 Å². The fourth-order valence-electron chi connectivity index (χ4n) is 0.558. The van der Waals surface area contributed by atoms with Gasteiger partial charge in [-0.3, -0.25) is 4.57 Å². The zero-order valence-electron chi connectivity index (χ0n) is 7.27. The molecule has 0 aliphatic carbocycles. The van der Waals surface area contributed by atoms with Crippen molar-refractivity contribution in [2.45, 2.75) is 39.0 Å². The van der Waals surface area contributed by atoms with E-state index in [1.807, 2.05) is 27.7 Å². The summed E-state index contributed by atoms with van der Waals surface area (Å²) in [7, 11) is 0. The summed E-state index contributed by atoms with van der Waals surface area (Å²) < 4.78 is 16.6. The standard InChI is InChI=1S/C6H15O2PS2/c1-5(2)8-9(7,10)11-6(3)4/h5-6H,1-4H3,(H,7,10). The molecule has 11 heavy (non-hydrogen) atoms. The predicted molar refractivity (Wildman–Crippen MR) is 55.5 cm³/mol. The van der Waals surface area contributed by atoms with E-state index in [0.29, 0.717) is 0 Å². The van der Waals surface area contributed by atoms with E-state index in [0.717, 1.165) is 0 Å². The van der Waals surface area contributed by atoms with Crippen LogP contribution in [0.3, 0.4) is 0 Å². The molecular weight excluding hydrogens is 199 g/mol. The Hall–Kier alpha value is 0.890. The SMILES string of the molecule is CC(C)OP(=O)(S)SC(C)C. The fourth-order valence-corrected chi connectivity index (χ4v) is 6.20. The van der Waals surface area contributed by atoms with Gasteiger partial charge in [-0.25, -0.2) is 0 Å². The van der Waals surface area contributed by atoms with Crippen molar-refractivity contribution in [1.82, 2.24) is 0 Å². The molecule has 0 heterocycles. The second-order valence-electron chi connectivity index (χ2n) is 2.78. The first kappa shape index (κ1) is 11.9. The first-order valence-corrected chi connectivity index (χ1v) is 7.79. The van der Waals surface area contributed by atoms with Crippen LogP contribution in [0.5, 0.6) is 0 Å². The summed E-state index contributed by atoms with van der Waals surface area (Å²) in [5, 5.41) is 0.289. The van der Waals surface area contributed by atoms with E-state index in [-0.39, 0.29) is 11.4 Å². The maximum Gasteiger partial charge on any atom is 0.310 e. The van der Waals surface area contributed by atoms with Crippen molar-refractivity contribution < 1.29 is 9.09 Å². The van der Waals surface area contributed by atoms with Crippen molar-refractivity contribution in [1.29, 1.82) is 0 Å². The number of hydrogen-bond donors (Lipinski definition) is 1. The van der Waals surface area contributed by atoms with E-state index >= 15 is 0 Å². The zero-order valence-corrected chi connectivity index (χ0v) is 9.88. The lowest BCUT2D eigenvalue weighted by Crippen LogP contribution is -1.97. The van der Waals surface area contributed by atoms with Gasteiger partial charge >= 0.3 is 5.77 Å². The molecule has 5 heteroatoms. The summed E-state index contributed by atoms with van der Waals surface area (Å²) in [6.07, 6.45) is -0.0235. The second-order valence-corrected chi connectivity index (χ2v) is 9.54. The number of hydrogen-bond acceptors (Lipinski definition) is 3. The quantitative estimate of drug-likeness (QED) is 0.572. The van der Waals surface area contributed by atoms with Crippen molar-refractivity contribution in [3.8, 4) is 0 Å². The third-order valence-corrected chi connectivity index (χ3v) is 5.52. The predicted octanol–water partition coefficient (Wildman–Crippen LogP) is 3.59. The molecular formula is C6H15O2PS2. The Labute approximate surface area is 77.8 Å². The minimum Gasteiger partial charge on any atom is -0.311 e. The van der Waals surface area contributed by atoms with Crippen LogP contribution in [0.4, 0.5) is 0 Å². The Bertz CT molecular complexity index is 145. The highest BCUT2D eigenvalue weighted by molar-refractivity contribution is 8.84. The topological polar surface area (TPSA) is 26.3 Å². The third kappa shape index (κ3) is 7.26. The Kier molecular flexibility index (Phi) is 5.19. The molecule has 0 N–H and O–H groups in total. The van der Waals surface area contributed by atoms with E-state index in [9.17, 15) is 4.57 Å². The summed E-state index contributed by atoms with van der Waals surface area (Å²) in [6.45, 7) is 7.64. The highest BCUT2D eigenvalue weighted by Crippen LogP contribution is 2.65. The average molecular weight is 214 g/mol. The molecule has 0 radical (unpaired) electrons. The molecule has 0 rings (SSSR count). The van der Waals surface area contributed by atoms with Crippen LogP contribution in [0.25, 0.3) is 0 Å². The maximum absolute atomic E-state index is 11.4. The normalized spacial score (nSPS) is 17.4. The summed E-state index contributed by atoms with van der Waals surface area (Å²) in [6, 6.07) is 0. The average Bonchev–Trinajstić information content (AvgIpc) is 1.53. The van der Waals surface area contributed by atoms with Crippen molar-refractivity contribution in [2.24, 2.45) is 0 Å². The molecule has 0 aromatic rings. The third-order valence-electron chi connectivity index (χ3n) is 0.688. The summed E-state index contributed by atoms with van der Waals surface area (Å²) in [5.74, 6) is -2.69. The van der Waals surface area contributed by atoms with E-state index in [1.165, 1.54) is 11.4 Å². The van der Waals surface area contributed by atoms with Gasteiger partial charge in [0.25, 0.3) is 0 Å². The van der Waals surface area contributed by atoms with E-state index in [4.69, 9.17) is 4.52 Å². The minimum absolute atomic E-state index is 0.0235. The van der Waals surface area contributed by atoms with Gasteiger partial charge in [-0.1, -0.05) is 37.5 Å². The lowest BCUT2D eigenvalue weighted by Gasteiger charge is -2.16.